The summed E-state index contributed by atoms with van der Waals surface area (Å²) in [7, 11) is 1.73. The van der Waals surface area contributed by atoms with E-state index >= 15 is 0 Å². The molecule has 21 heavy (non-hydrogen) atoms. The van der Waals surface area contributed by atoms with Crippen molar-refractivity contribution in [3.63, 3.8) is 0 Å². The second-order valence-electron chi connectivity index (χ2n) is 4.78. The standard InChI is InChI=1S/C14H13F2N5/c1-8-7-21(14(17)19-8)18-6-10-11(15)5-12-9(13(10)16)3-4-20(12)2/h3-7H,1-2H3,(H2,17,19). The molecular formula is C14H13F2N5. The summed E-state index contributed by atoms with van der Waals surface area (Å²) in [6.45, 7) is 1.75. The molecule has 0 aliphatic heterocycles. The van der Waals surface area contributed by atoms with Gasteiger partial charge in [0.25, 0.3) is 0 Å². The highest BCUT2D eigenvalue weighted by molar-refractivity contribution is 5.90. The van der Waals surface area contributed by atoms with Gasteiger partial charge in [-0.2, -0.15) is 5.10 Å². The number of hydrogen-bond donors (Lipinski definition) is 1. The van der Waals surface area contributed by atoms with E-state index in [9.17, 15) is 8.78 Å². The summed E-state index contributed by atoms with van der Waals surface area (Å²) in [4.78, 5) is 3.96. The zero-order valence-corrected chi connectivity index (χ0v) is 11.5. The summed E-state index contributed by atoms with van der Waals surface area (Å²) in [5, 5.41) is 4.29. The zero-order valence-electron chi connectivity index (χ0n) is 11.5. The molecule has 1 aromatic carbocycles. The van der Waals surface area contributed by atoms with Crippen LogP contribution in [0.15, 0.2) is 29.6 Å². The van der Waals surface area contributed by atoms with Crippen LogP contribution in [0, 0.1) is 18.6 Å². The number of nitrogens with zero attached hydrogens (tertiary/aromatic N) is 4. The molecule has 2 N–H and O–H groups in total. The van der Waals surface area contributed by atoms with E-state index in [1.807, 2.05) is 0 Å². The predicted octanol–water partition coefficient (Wildman–Crippen LogP) is 2.43. The van der Waals surface area contributed by atoms with E-state index < -0.39 is 11.6 Å². The van der Waals surface area contributed by atoms with Crippen LogP contribution < -0.4 is 5.73 Å². The first kappa shape index (κ1) is 13.3. The minimum absolute atomic E-state index is 0.158. The smallest absolute Gasteiger partial charge is 0.221 e. The molecular weight excluding hydrogens is 276 g/mol. The van der Waals surface area contributed by atoms with Crippen LogP contribution in [0.5, 0.6) is 0 Å². The molecule has 0 aliphatic rings. The molecule has 108 valence electrons. The van der Waals surface area contributed by atoms with Crippen molar-refractivity contribution in [2.75, 3.05) is 5.73 Å². The van der Waals surface area contributed by atoms with Crippen LogP contribution in [-0.2, 0) is 7.05 Å². The van der Waals surface area contributed by atoms with Gasteiger partial charge in [0, 0.05) is 18.6 Å². The number of aromatic nitrogens is 3. The Morgan fingerprint density at radius 2 is 2.14 bits per heavy atom. The van der Waals surface area contributed by atoms with E-state index in [-0.39, 0.29) is 11.5 Å². The molecule has 7 heteroatoms. The summed E-state index contributed by atoms with van der Waals surface area (Å²) in [6, 6.07) is 2.87. The van der Waals surface area contributed by atoms with Crippen molar-refractivity contribution in [2.45, 2.75) is 6.92 Å². The maximum Gasteiger partial charge on any atom is 0.221 e. The molecule has 0 unspecified atom stereocenters. The van der Waals surface area contributed by atoms with Crippen molar-refractivity contribution in [3.8, 4) is 0 Å². The van der Waals surface area contributed by atoms with Gasteiger partial charge in [0.15, 0.2) is 0 Å². The van der Waals surface area contributed by atoms with Crippen LogP contribution in [0.1, 0.15) is 11.3 Å². The molecule has 0 amide bonds. The predicted molar refractivity (Wildman–Crippen MR) is 77.2 cm³/mol. The van der Waals surface area contributed by atoms with Crippen LogP contribution in [0.25, 0.3) is 10.9 Å². The number of imidazole rings is 1. The lowest BCUT2D eigenvalue weighted by Crippen LogP contribution is -2.00. The van der Waals surface area contributed by atoms with E-state index in [1.54, 1.807) is 37.0 Å². The van der Waals surface area contributed by atoms with E-state index in [1.165, 1.54) is 10.7 Å². The fraction of sp³-hybridized carbons (Fsp3) is 0.143. The van der Waals surface area contributed by atoms with Gasteiger partial charge in [-0.25, -0.2) is 18.4 Å². The minimum Gasteiger partial charge on any atom is -0.368 e. The second kappa shape index (κ2) is 4.69. The van der Waals surface area contributed by atoms with Gasteiger partial charge in [-0.3, -0.25) is 0 Å². The fourth-order valence-electron chi connectivity index (χ4n) is 2.19. The lowest BCUT2D eigenvalue weighted by atomic mass is 10.1. The fourth-order valence-corrected chi connectivity index (χ4v) is 2.19. The Kier molecular flexibility index (Phi) is 2.97. The molecule has 3 aromatic rings. The van der Waals surface area contributed by atoms with Gasteiger partial charge in [-0.05, 0) is 19.1 Å². The molecule has 0 fully saturated rings. The Morgan fingerprint density at radius 3 is 2.81 bits per heavy atom. The van der Waals surface area contributed by atoms with Crippen molar-refractivity contribution >= 4 is 23.1 Å². The molecule has 5 nitrogen and oxygen atoms in total. The van der Waals surface area contributed by atoms with Crippen LogP contribution in [0.4, 0.5) is 14.7 Å². The van der Waals surface area contributed by atoms with Gasteiger partial charge < -0.3 is 10.3 Å². The first-order chi connectivity index (χ1) is 9.97. The highest BCUT2D eigenvalue weighted by Crippen LogP contribution is 2.23. The lowest BCUT2D eigenvalue weighted by Gasteiger charge is -2.03. The molecule has 0 spiro atoms. The number of fused-ring (bicyclic) bond motifs is 1. The molecule has 0 atom stereocenters. The third-order valence-corrected chi connectivity index (χ3v) is 3.26. The molecule has 0 saturated carbocycles. The Morgan fingerprint density at radius 1 is 1.38 bits per heavy atom. The summed E-state index contributed by atoms with van der Waals surface area (Å²) in [5.41, 5.74) is 6.57. The normalized spacial score (nSPS) is 11.8. The van der Waals surface area contributed by atoms with Gasteiger partial charge in [-0.1, -0.05) is 0 Å². The monoisotopic (exact) mass is 289 g/mol. The highest BCUT2D eigenvalue weighted by atomic mass is 19.1. The lowest BCUT2D eigenvalue weighted by molar-refractivity contribution is 0.588. The summed E-state index contributed by atoms with van der Waals surface area (Å²) >= 11 is 0. The van der Waals surface area contributed by atoms with E-state index in [2.05, 4.69) is 10.1 Å². The Bertz CT molecular complexity index is 860. The van der Waals surface area contributed by atoms with Crippen molar-refractivity contribution in [2.24, 2.45) is 12.1 Å². The molecule has 2 heterocycles. The third kappa shape index (κ3) is 2.16. The zero-order chi connectivity index (χ0) is 15.1. The van der Waals surface area contributed by atoms with E-state index in [0.717, 1.165) is 6.21 Å². The summed E-state index contributed by atoms with van der Waals surface area (Å²) in [6.07, 6.45) is 4.35. The van der Waals surface area contributed by atoms with Gasteiger partial charge in [0.1, 0.15) is 11.6 Å². The van der Waals surface area contributed by atoms with Crippen molar-refractivity contribution in [1.29, 1.82) is 0 Å². The minimum atomic E-state index is -0.680. The maximum absolute atomic E-state index is 14.4. The van der Waals surface area contributed by atoms with Crippen LogP contribution in [-0.4, -0.2) is 20.4 Å². The maximum atomic E-state index is 14.4. The van der Waals surface area contributed by atoms with E-state index in [0.29, 0.717) is 16.6 Å². The SMILES string of the molecule is Cc1cn(N=Cc2c(F)cc3c(ccn3C)c2F)c(N)n1. The molecule has 2 aromatic heterocycles. The number of nitrogen functional groups attached to an aromatic ring is 1. The van der Waals surface area contributed by atoms with Crippen LogP contribution in [0.2, 0.25) is 0 Å². The van der Waals surface area contributed by atoms with Crippen molar-refractivity contribution in [3.05, 3.63) is 47.4 Å². The Hall–Kier alpha value is -2.70. The van der Waals surface area contributed by atoms with Crippen molar-refractivity contribution in [1.82, 2.24) is 14.2 Å². The first-order valence-electron chi connectivity index (χ1n) is 6.26. The summed E-state index contributed by atoms with van der Waals surface area (Å²) < 4.78 is 31.3. The van der Waals surface area contributed by atoms with Gasteiger partial charge >= 0.3 is 0 Å². The second-order valence-corrected chi connectivity index (χ2v) is 4.78. The Balaban J connectivity index is 2.10. The number of halogens is 2. The quantitative estimate of drug-likeness (QED) is 0.736. The van der Waals surface area contributed by atoms with Crippen molar-refractivity contribution < 1.29 is 8.78 Å². The number of rotatable bonds is 2. The Labute approximate surface area is 119 Å². The first-order valence-corrected chi connectivity index (χ1v) is 6.26. The van der Waals surface area contributed by atoms with Gasteiger partial charge in [-0.15, -0.1) is 0 Å². The summed E-state index contributed by atoms with van der Waals surface area (Å²) in [5.74, 6) is -1.17. The average molecular weight is 289 g/mol. The molecule has 0 aliphatic carbocycles. The van der Waals surface area contributed by atoms with Crippen LogP contribution >= 0.6 is 0 Å². The number of anilines is 1. The highest BCUT2D eigenvalue weighted by Gasteiger charge is 2.14. The topological polar surface area (TPSA) is 61.1 Å². The molecule has 0 saturated heterocycles. The van der Waals surface area contributed by atoms with Gasteiger partial charge in [0.2, 0.25) is 5.95 Å². The average Bonchev–Trinajstić information content (AvgIpc) is 2.93. The molecule has 3 rings (SSSR count). The van der Waals surface area contributed by atoms with E-state index in [4.69, 9.17) is 5.73 Å². The molecule has 0 bridgehead atoms. The largest absolute Gasteiger partial charge is 0.368 e. The number of aryl methyl sites for hydroxylation is 2. The third-order valence-electron chi connectivity index (χ3n) is 3.26. The molecule has 0 radical (unpaired) electrons. The van der Waals surface area contributed by atoms with Crippen LogP contribution in [0.3, 0.4) is 0 Å². The number of nitrogens with two attached hydrogens (primary N) is 1. The van der Waals surface area contributed by atoms with Gasteiger partial charge in [0.05, 0.1) is 29.2 Å². The number of hydrogen-bond acceptors (Lipinski definition) is 3. The number of benzene rings is 1.